The van der Waals surface area contributed by atoms with Gasteiger partial charge in [-0.25, -0.2) is 19.6 Å². The molecule has 13 heteroatoms. The fraction of sp³-hybridized carbons (Fsp3) is 0.410. The van der Waals surface area contributed by atoms with Crippen molar-refractivity contribution in [2.24, 2.45) is 0 Å². The van der Waals surface area contributed by atoms with Crippen LogP contribution in [0.2, 0.25) is 0 Å². The number of aromatic nitrogens is 4. The van der Waals surface area contributed by atoms with Crippen LogP contribution >= 0.6 is 0 Å². The van der Waals surface area contributed by atoms with Crippen LogP contribution in [0.5, 0.6) is 0 Å². The number of rotatable bonds is 6. The Labute approximate surface area is 303 Å². The highest BCUT2D eigenvalue weighted by Crippen LogP contribution is 2.33. The van der Waals surface area contributed by atoms with Gasteiger partial charge in [0, 0.05) is 36.7 Å². The fourth-order valence-electron chi connectivity index (χ4n) is 6.40. The van der Waals surface area contributed by atoms with Crippen LogP contribution in [0.4, 0.5) is 9.59 Å². The molecule has 0 aliphatic carbocycles. The third kappa shape index (κ3) is 9.07. The van der Waals surface area contributed by atoms with Crippen LogP contribution in [0, 0.1) is 0 Å². The van der Waals surface area contributed by atoms with Crippen LogP contribution in [0.15, 0.2) is 73.1 Å². The van der Waals surface area contributed by atoms with E-state index in [-0.39, 0.29) is 18.0 Å². The first-order valence-corrected chi connectivity index (χ1v) is 17.8. The van der Waals surface area contributed by atoms with Crippen LogP contribution in [0.1, 0.15) is 76.6 Å². The minimum atomic E-state index is -0.749. The normalized spacial score (nSPS) is 20.7. The number of imidazole rings is 2. The SMILES string of the molecule is COC(=O)N[C@@H]1CC/C=C\COCC[C@@H](c2nc(-c3ccc(-c4ccc(-c5c[nH]c([C@@H]6CCCN6C(=O)OC(C)(C)C)n5)cc4)cc3)c[nH]2)NC1=O. The quantitative estimate of drug-likeness (QED) is 0.158. The topological polar surface area (TPSA) is 164 Å². The van der Waals surface area contributed by atoms with Gasteiger partial charge in [-0.2, -0.15) is 0 Å². The Bertz CT molecular complexity index is 1860. The maximum Gasteiger partial charge on any atom is 0.410 e. The summed E-state index contributed by atoms with van der Waals surface area (Å²) in [6.07, 6.45) is 9.86. The number of alkyl carbamates (subject to hydrolysis) is 1. The smallest absolute Gasteiger partial charge is 0.410 e. The molecule has 274 valence electrons. The molecule has 6 rings (SSSR count). The van der Waals surface area contributed by atoms with Crippen molar-refractivity contribution < 1.29 is 28.6 Å². The van der Waals surface area contributed by atoms with Crippen LogP contribution in [-0.2, 0) is 19.0 Å². The highest BCUT2D eigenvalue weighted by atomic mass is 16.6. The number of methoxy groups -OCH3 is 1. The monoisotopic (exact) mass is 709 g/mol. The molecule has 0 radical (unpaired) electrons. The molecule has 1 saturated heterocycles. The van der Waals surface area contributed by atoms with Crippen molar-refractivity contribution in [3.8, 4) is 33.6 Å². The second-order valence-electron chi connectivity index (χ2n) is 14.0. The van der Waals surface area contributed by atoms with Gasteiger partial charge in [0.25, 0.3) is 0 Å². The summed E-state index contributed by atoms with van der Waals surface area (Å²) in [7, 11) is 1.27. The van der Waals surface area contributed by atoms with Crippen LogP contribution in [0.3, 0.4) is 0 Å². The largest absolute Gasteiger partial charge is 0.453 e. The van der Waals surface area contributed by atoms with Crippen molar-refractivity contribution in [1.29, 1.82) is 0 Å². The molecule has 3 amide bonds. The van der Waals surface area contributed by atoms with E-state index in [1.807, 2.05) is 69.6 Å². The standard InChI is InChI=1S/C39H47N7O6/c1-39(2,3)52-38(49)46-20-8-10-33(46)35-41-24-32(43-35)28-17-13-26(14-18-28)25-11-15-27(16-12-25)31-23-40-34(42-31)29-19-22-51-21-7-5-6-9-30(36(47)44-29)45-37(48)50-4/h5,7,11-18,23-24,29-30,33H,6,8-10,19-22H2,1-4H3,(H,40,42)(H,41,43)(H,44,47)(H,45,48)/b7-5-/t29-,30+,33-/m0/s1. The molecule has 4 aromatic rings. The van der Waals surface area contributed by atoms with Crippen molar-refractivity contribution in [2.45, 2.75) is 76.6 Å². The van der Waals surface area contributed by atoms with Gasteiger partial charge in [-0.1, -0.05) is 60.7 Å². The minimum absolute atomic E-state index is 0.139. The van der Waals surface area contributed by atoms with Gasteiger partial charge in [0.1, 0.15) is 23.3 Å². The number of carbonyl (C=O) groups is 3. The summed E-state index contributed by atoms with van der Waals surface area (Å²) in [5.41, 5.74) is 5.01. The van der Waals surface area contributed by atoms with Crippen molar-refractivity contribution >= 4 is 18.1 Å². The molecule has 2 aromatic heterocycles. The lowest BCUT2D eigenvalue weighted by molar-refractivity contribution is -0.124. The molecule has 1 fully saturated rings. The molecule has 0 saturated carbocycles. The minimum Gasteiger partial charge on any atom is -0.453 e. The zero-order valence-electron chi connectivity index (χ0n) is 30.1. The number of nitrogens with one attached hydrogen (secondary N) is 4. The van der Waals surface area contributed by atoms with Gasteiger partial charge in [0.05, 0.1) is 37.2 Å². The number of carbonyl (C=O) groups excluding carboxylic acids is 3. The average Bonchev–Trinajstić information content (AvgIpc) is 3.92. The maximum atomic E-state index is 13.2. The van der Waals surface area contributed by atoms with E-state index in [0.717, 1.165) is 52.3 Å². The summed E-state index contributed by atoms with van der Waals surface area (Å²) in [5.74, 6) is 1.05. The Hall–Kier alpha value is -5.43. The first kappa shape index (κ1) is 36.4. The molecule has 2 aromatic carbocycles. The lowest BCUT2D eigenvalue weighted by Gasteiger charge is -2.27. The third-order valence-corrected chi connectivity index (χ3v) is 9.08. The molecule has 0 spiro atoms. The number of amides is 3. The zero-order valence-corrected chi connectivity index (χ0v) is 30.1. The average molecular weight is 710 g/mol. The van der Waals surface area contributed by atoms with E-state index in [0.29, 0.717) is 44.8 Å². The first-order valence-electron chi connectivity index (χ1n) is 17.8. The summed E-state index contributed by atoms with van der Waals surface area (Å²) in [4.78, 5) is 55.9. The molecule has 0 unspecified atom stereocenters. The van der Waals surface area contributed by atoms with Gasteiger partial charge >= 0.3 is 12.2 Å². The lowest BCUT2D eigenvalue weighted by atomic mass is 10.0. The van der Waals surface area contributed by atoms with E-state index in [1.54, 1.807) is 4.90 Å². The Morgan fingerprint density at radius 3 is 2.12 bits per heavy atom. The van der Waals surface area contributed by atoms with Crippen LogP contribution in [0.25, 0.3) is 33.6 Å². The summed E-state index contributed by atoms with van der Waals surface area (Å²) >= 11 is 0. The lowest BCUT2D eigenvalue weighted by Crippen LogP contribution is -2.48. The molecule has 2 aliphatic rings. The predicted molar refractivity (Wildman–Crippen MR) is 196 cm³/mol. The second-order valence-corrected chi connectivity index (χ2v) is 14.0. The summed E-state index contributed by atoms with van der Waals surface area (Å²) in [6, 6.07) is 15.0. The van der Waals surface area contributed by atoms with Gasteiger partial charge in [-0.05, 0) is 64.0 Å². The Balaban J connectivity index is 1.11. The molecule has 13 nitrogen and oxygen atoms in total. The van der Waals surface area contributed by atoms with Gasteiger partial charge in [-0.15, -0.1) is 0 Å². The number of hydrogen-bond donors (Lipinski definition) is 4. The number of hydrogen-bond acceptors (Lipinski definition) is 8. The van der Waals surface area contributed by atoms with Gasteiger partial charge in [-0.3, -0.25) is 9.69 Å². The second kappa shape index (κ2) is 16.3. The highest BCUT2D eigenvalue weighted by molar-refractivity contribution is 5.86. The first-order chi connectivity index (χ1) is 25.1. The van der Waals surface area contributed by atoms with Crippen LogP contribution in [-0.4, -0.2) is 81.4 Å². The molecular formula is C39H47N7O6. The number of allylic oxidation sites excluding steroid dienone is 1. The van der Waals surface area contributed by atoms with Crippen molar-refractivity contribution in [3.63, 3.8) is 0 Å². The Morgan fingerprint density at radius 2 is 1.48 bits per heavy atom. The van der Waals surface area contributed by atoms with E-state index < -0.39 is 23.8 Å². The maximum absolute atomic E-state index is 13.2. The van der Waals surface area contributed by atoms with E-state index in [1.165, 1.54) is 7.11 Å². The number of H-pyrrole nitrogens is 2. The zero-order chi connectivity index (χ0) is 36.7. The number of ether oxygens (including phenoxy) is 3. The summed E-state index contributed by atoms with van der Waals surface area (Å²) in [5, 5.41) is 5.67. The van der Waals surface area contributed by atoms with Gasteiger partial charge in [0.15, 0.2) is 0 Å². The van der Waals surface area contributed by atoms with Crippen molar-refractivity contribution in [2.75, 3.05) is 26.9 Å². The summed E-state index contributed by atoms with van der Waals surface area (Å²) < 4.78 is 16.1. The van der Waals surface area contributed by atoms with E-state index in [9.17, 15) is 14.4 Å². The fourth-order valence-corrected chi connectivity index (χ4v) is 6.40. The predicted octanol–water partition coefficient (Wildman–Crippen LogP) is 6.84. The van der Waals surface area contributed by atoms with Gasteiger partial charge in [0.2, 0.25) is 5.91 Å². The molecular weight excluding hydrogens is 662 g/mol. The third-order valence-electron chi connectivity index (χ3n) is 9.08. The Morgan fingerprint density at radius 1 is 0.865 bits per heavy atom. The molecule has 2 aliphatic heterocycles. The van der Waals surface area contributed by atoms with Crippen molar-refractivity contribution in [1.82, 2.24) is 35.5 Å². The van der Waals surface area contributed by atoms with Crippen molar-refractivity contribution in [3.05, 3.63) is 84.7 Å². The van der Waals surface area contributed by atoms with E-state index in [2.05, 4.69) is 44.9 Å². The molecule has 4 heterocycles. The molecule has 0 bridgehead atoms. The van der Waals surface area contributed by atoms with Gasteiger partial charge < -0.3 is 34.8 Å². The molecule has 4 N–H and O–H groups in total. The van der Waals surface area contributed by atoms with Crippen LogP contribution < -0.4 is 10.6 Å². The molecule has 3 atom stereocenters. The highest BCUT2D eigenvalue weighted by Gasteiger charge is 2.35. The van der Waals surface area contributed by atoms with E-state index >= 15 is 0 Å². The molecule has 52 heavy (non-hydrogen) atoms. The van der Waals surface area contributed by atoms with E-state index in [4.69, 9.17) is 24.2 Å². The number of benzene rings is 2. The Kier molecular flexibility index (Phi) is 11.4. The number of aromatic amines is 2. The number of likely N-dealkylation sites (tertiary alicyclic amines) is 1. The summed E-state index contributed by atoms with van der Waals surface area (Å²) in [6.45, 7) is 7.16. The number of nitrogens with zero attached hydrogens (tertiary/aromatic N) is 3.